The van der Waals surface area contributed by atoms with Crippen LogP contribution in [0.3, 0.4) is 0 Å². The molecule has 1 heterocycles. The molecule has 1 aliphatic rings. The number of piperidine rings is 1. The van der Waals surface area contributed by atoms with Crippen molar-refractivity contribution in [2.75, 3.05) is 46.4 Å². The summed E-state index contributed by atoms with van der Waals surface area (Å²) in [5.74, 6) is 0.945. The molecule has 1 fully saturated rings. The maximum atomic E-state index is 5.27. The summed E-state index contributed by atoms with van der Waals surface area (Å²) in [7, 11) is 2.22. The third-order valence-electron chi connectivity index (χ3n) is 3.19. The molecule has 1 rings (SSSR count). The van der Waals surface area contributed by atoms with Crippen LogP contribution < -0.4 is 5.32 Å². The average Bonchev–Trinajstić information content (AvgIpc) is 2.26. The molecular weight excluding hydrogens is 188 g/mol. The average molecular weight is 214 g/mol. The van der Waals surface area contributed by atoms with Gasteiger partial charge in [0.15, 0.2) is 0 Å². The topological polar surface area (TPSA) is 24.5 Å². The van der Waals surface area contributed by atoms with Crippen molar-refractivity contribution >= 4 is 0 Å². The van der Waals surface area contributed by atoms with Gasteiger partial charge in [-0.25, -0.2) is 0 Å². The summed E-state index contributed by atoms with van der Waals surface area (Å²) in [6.07, 6.45) is 4.09. The Hall–Kier alpha value is -0.120. The van der Waals surface area contributed by atoms with Gasteiger partial charge in [-0.15, -0.1) is 0 Å². The first kappa shape index (κ1) is 12.9. The van der Waals surface area contributed by atoms with E-state index in [1.54, 1.807) is 0 Å². The molecule has 0 bridgehead atoms. The molecule has 0 amide bonds. The van der Waals surface area contributed by atoms with Gasteiger partial charge < -0.3 is 15.0 Å². The van der Waals surface area contributed by atoms with Crippen LogP contribution in [-0.2, 0) is 4.74 Å². The summed E-state index contributed by atoms with van der Waals surface area (Å²) in [6.45, 7) is 8.44. The van der Waals surface area contributed by atoms with Crippen molar-refractivity contribution in [1.82, 2.24) is 10.2 Å². The standard InChI is InChI=1S/C12H26N2O/c1-3-15-11-8-13-7-4-12-5-9-14(2)10-6-12/h12-13H,3-11H2,1-2H3. The van der Waals surface area contributed by atoms with Gasteiger partial charge >= 0.3 is 0 Å². The summed E-state index contributed by atoms with van der Waals surface area (Å²) in [4.78, 5) is 2.43. The maximum absolute atomic E-state index is 5.27. The van der Waals surface area contributed by atoms with Gasteiger partial charge in [-0.05, 0) is 58.8 Å². The van der Waals surface area contributed by atoms with E-state index in [4.69, 9.17) is 4.74 Å². The van der Waals surface area contributed by atoms with Crippen LogP contribution in [0.1, 0.15) is 26.2 Å². The van der Waals surface area contributed by atoms with Crippen molar-refractivity contribution in [3.8, 4) is 0 Å². The highest BCUT2D eigenvalue weighted by Crippen LogP contribution is 2.18. The lowest BCUT2D eigenvalue weighted by Crippen LogP contribution is -2.32. The zero-order valence-corrected chi connectivity index (χ0v) is 10.3. The summed E-state index contributed by atoms with van der Waals surface area (Å²) >= 11 is 0. The molecule has 0 atom stereocenters. The number of nitrogens with zero attached hydrogens (tertiary/aromatic N) is 1. The fourth-order valence-corrected chi connectivity index (χ4v) is 2.07. The fraction of sp³-hybridized carbons (Fsp3) is 1.00. The van der Waals surface area contributed by atoms with Crippen molar-refractivity contribution in [3.05, 3.63) is 0 Å². The van der Waals surface area contributed by atoms with E-state index in [1.165, 1.54) is 32.4 Å². The Morgan fingerprint density at radius 2 is 2.00 bits per heavy atom. The van der Waals surface area contributed by atoms with Crippen LogP contribution in [0.25, 0.3) is 0 Å². The van der Waals surface area contributed by atoms with Gasteiger partial charge in [-0.1, -0.05) is 0 Å². The Kier molecular flexibility index (Phi) is 6.98. The maximum Gasteiger partial charge on any atom is 0.0590 e. The summed E-state index contributed by atoms with van der Waals surface area (Å²) in [6, 6.07) is 0. The molecule has 0 saturated carbocycles. The molecule has 0 radical (unpaired) electrons. The van der Waals surface area contributed by atoms with Gasteiger partial charge in [0.25, 0.3) is 0 Å². The molecule has 3 nitrogen and oxygen atoms in total. The molecule has 0 unspecified atom stereocenters. The van der Waals surface area contributed by atoms with E-state index in [9.17, 15) is 0 Å². The van der Waals surface area contributed by atoms with E-state index in [1.807, 2.05) is 6.92 Å². The molecule has 1 saturated heterocycles. The highest BCUT2D eigenvalue weighted by molar-refractivity contribution is 4.70. The quantitative estimate of drug-likeness (QED) is 0.647. The van der Waals surface area contributed by atoms with Gasteiger partial charge in [0.05, 0.1) is 6.61 Å². The zero-order valence-electron chi connectivity index (χ0n) is 10.3. The molecular formula is C12H26N2O. The predicted molar refractivity (Wildman–Crippen MR) is 64.2 cm³/mol. The largest absolute Gasteiger partial charge is 0.380 e. The molecule has 1 N–H and O–H groups in total. The van der Waals surface area contributed by atoms with Gasteiger partial charge in [0.1, 0.15) is 0 Å². The number of hydrogen-bond donors (Lipinski definition) is 1. The Balaban J connectivity index is 1.87. The van der Waals surface area contributed by atoms with Crippen molar-refractivity contribution in [2.24, 2.45) is 5.92 Å². The second-order valence-corrected chi connectivity index (χ2v) is 4.48. The zero-order chi connectivity index (χ0) is 10.9. The van der Waals surface area contributed by atoms with E-state index in [2.05, 4.69) is 17.3 Å². The molecule has 0 aliphatic carbocycles. The number of hydrogen-bond acceptors (Lipinski definition) is 3. The van der Waals surface area contributed by atoms with Crippen LogP contribution >= 0.6 is 0 Å². The summed E-state index contributed by atoms with van der Waals surface area (Å²) < 4.78 is 5.27. The van der Waals surface area contributed by atoms with Gasteiger partial charge in [0.2, 0.25) is 0 Å². The third-order valence-corrected chi connectivity index (χ3v) is 3.19. The molecule has 0 aromatic heterocycles. The first-order valence-corrected chi connectivity index (χ1v) is 6.30. The third kappa shape index (κ3) is 6.13. The first-order valence-electron chi connectivity index (χ1n) is 6.30. The van der Waals surface area contributed by atoms with Crippen molar-refractivity contribution in [1.29, 1.82) is 0 Å². The molecule has 15 heavy (non-hydrogen) atoms. The number of nitrogens with one attached hydrogen (secondary N) is 1. The second kappa shape index (κ2) is 8.08. The monoisotopic (exact) mass is 214 g/mol. The van der Waals surface area contributed by atoms with Gasteiger partial charge in [0, 0.05) is 13.2 Å². The lowest BCUT2D eigenvalue weighted by Gasteiger charge is -2.28. The van der Waals surface area contributed by atoms with Crippen LogP contribution in [0.4, 0.5) is 0 Å². The van der Waals surface area contributed by atoms with Crippen molar-refractivity contribution in [3.63, 3.8) is 0 Å². The SMILES string of the molecule is CCOCCNCCC1CCN(C)CC1. The van der Waals surface area contributed by atoms with Crippen LogP contribution in [0.2, 0.25) is 0 Å². The van der Waals surface area contributed by atoms with Gasteiger partial charge in [-0.3, -0.25) is 0 Å². The van der Waals surface area contributed by atoms with Crippen molar-refractivity contribution in [2.45, 2.75) is 26.2 Å². The first-order chi connectivity index (χ1) is 7.33. The number of rotatable bonds is 7. The molecule has 0 spiro atoms. The summed E-state index contributed by atoms with van der Waals surface area (Å²) in [5, 5.41) is 3.44. The Bertz CT molecular complexity index is 145. The van der Waals surface area contributed by atoms with E-state index in [0.717, 1.165) is 32.2 Å². The van der Waals surface area contributed by atoms with Crippen LogP contribution in [0.5, 0.6) is 0 Å². The van der Waals surface area contributed by atoms with Crippen LogP contribution in [-0.4, -0.2) is 51.3 Å². The van der Waals surface area contributed by atoms with Crippen LogP contribution in [0, 0.1) is 5.92 Å². The molecule has 1 aliphatic heterocycles. The Morgan fingerprint density at radius 1 is 1.27 bits per heavy atom. The predicted octanol–water partition coefficient (Wildman–Crippen LogP) is 1.34. The minimum Gasteiger partial charge on any atom is -0.380 e. The fourth-order valence-electron chi connectivity index (χ4n) is 2.07. The lowest BCUT2D eigenvalue weighted by atomic mass is 9.94. The Labute approximate surface area is 94.2 Å². The second-order valence-electron chi connectivity index (χ2n) is 4.48. The molecule has 0 aromatic carbocycles. The minimum atomic E-state index is 0.830. The van der Waals surface area contributed by atoms with Crippen LogP contribution in [0.15, 0.2) is 0 Å². The molecule has 3 heteroatoms. The van der Waals surface area contributed by atoms with E-state index >= 15 is 0 Å². The van der Waals surface area contributed by atoms with E-state index < -0.39 is 0 Å². The number of likely N-dealkylation sites (tertiary alicyclic amines) is 1. The highest BCUT2D eigenvalue weighted by atomic mass is 16.5. The molecule has 0 aromatic rings. The normalized spacial score (nSPS) is 19.6. The number of ether oxygens (including phenoxy) is 1. The molecule has 90 valence electrons. The summed E-state index contributed by atoms with van der Waals surface area (Å²) in [5.41, 5.74) is 0. The van der Waals surface area contributed by atoms with E-state index in [-0.39, 0.29) is 0 Å². The smallest absolute Gasteiger partial charge is 0.0590 e. The minimum absolute atomic E-state index is 0.830. The Morgan fingerprint density at radius 3 is 2.67 bits per heavy atom. The highest BCUT2D eigenvalue weighted by Gasteiger charge is 2.15. The van der Waals surface area contributed by atoms with Gasteiger partial charge in [-0.2, -0.15) is 0 Å². The van der Waals surface area contributed by atoms with Crippen molar-refractivity contribution < 1.29 is 4.74 Å². The lowest BCUT2D eigenvalue weighted by molar-refractivity contribution is 0.148. The van der Waals surface area contributed by atoms with E-state index in [0.29, 0.717) is 0 Å².